The van der Waals surface area contributed by atoms with E-state index in [1.54, 1.807) is 4.90 Å². The normalized spacial score (nSPS) is 29.6. The molecule has 2 aliphatic rings. The molecule has 0 radical (unpaired) electrons. The van der Waals surface area contributed by atoms with E-state index in [-0.39, 0.29) is 12.1 Å². The highest BCUT2D eigenvalue weighted by molar-refractivity contribution is 5.67. The maximum atomic E-state index is 11.5. The molecular weight excluding hydrogens is 236 g/mol. The Kier molecular flexibility index (Phi) is 4.79. The van der Waals surface area contributed by atoms with Gasteiger partial charge in [0.1, 0.15) is 0 Å². The third-order valence-corrected chi connectivity index (χ3v) is 3.52. The standard InChI is InChI=1S/C12H22N2O4/c1-2-18-12(16)14-5-3-9(4-6-14)13-10-7-17-8-11(10)15/h9-11,13,15H,2-8H2,1H3. The fourth-order valence-electron chi connectivity index (χ4n) is 2.45. The van der Waals surface area contributed by atoms with Gasteiger partial charge in [0, 0.05) is 19.1 Å². The fourth-order valence-corrected chi connectivity index (χ4v) is 2.45. The van der Waals surface area contributed by atoms with E-state index in [0.717, 1.165) is 12.8 Å². The number of nitrogens with zero attached hydrogens (tertiary/aromatic N) is 1. The van der Waals surface area contributed by atoms with Crippen LogP contribution in [-0.4, -0.2) is 67.2 Å². The fraction of sp³-hybridized carbons (Fsp3) is 0.917. The molecule has 104 valence electrons. The first-order chi connectivity index (χ1) is 8.70. The van der Waals surface area contributed by atoms with Crippen LogP contribution in [0.3, 0.4) is 0 Å². The van der Waals surface area contributed by atoms with Crippen molar-refractivity contribution >= 4 is 6.09 Å². The number of rotatable bonds is 3. The molecule has 0 bridgehead atoms. The van der Waals surface area contributed by atoms with Crippen molar-refractivity contribution in [2.24, 2.45) is 0 Å². The first-order valence-electron chi connectivity index (χ1n) is 6.64. The SMILES string of the molecule is CCOC(=O)N1CCC(NC2COCC2O)CC1. The first kappa shape index (κ1) is 13.6. The Balaban J connectivity index is 1.71. The average Bonchev–Trinajstić information content (AvgIpc) is 2.76. The number of amides is 1. The highest BCUT2D eigenvalue weighted by atomic mass is 16.6. The third kappa shape index (κ3) is 3.34. The van der Waals surface area contributed by atoms with E-state index in [0.29, 0.717) is 39.0 Å². The highest BCUT2D eigenvalue weighted by Crippen LogP contribution is 2.14. The van der Waals surface area contributed by atoms with Crippen LogP contribution in [0.5, 0.6) is 0 Å². The largest absolute Gasteiger partial charge is 0.450 e. The van der Waals surface area contributed by atoms with Gasteiger partial charge in [-0.1, -0.05) is 0 Å². The second kappa shape index (κ2) is 6.36. The predicted octanol–water partition coefficient (Wildman–Crippen LogP) is -0.0434. The van der Waals surface area contributed by atoms with Crippen molar-refractivity contribution in [3.63, 3.8) is 0 Å². The molecule has 0 aromatic carbocycles. The van der Waals surface area contributed by atoms with E-state index in [1.165, 1.54) is 0 Å². The molecule has 18 heavy (non-hydrogen) atoms. The zero-order chi connectivity index (χ0) is 13.0. The molecule has 1 amide bonds. The lowest BCUT2D eigenvalue weighted by Crippen LogP contribution is -2.50. The van der Waals surface area contributed by atoms with Crippen LogP contribution >= 0.6 is 0 Å². The molecule has 2 atom stereocenters. The van der Waals surface area contributed by atoms with Crippen molar-refractivity contribution in [2.45, 2.75) is 38.0 Å². The lowest BCUT2D eigenvalue weighted by molar-refractivity contribution is 0.0905. The molecule has 0 aromatic rings. The van der Waals surface area contributed by atoms with Crippen LogP contribution in [0, 0.1) is 0 Å². The zero-order valence-electron chi connectivity index (χ0n) is 10.8. The summed E-state index contributed by atoms with van der Waals surface area (Å²) in [6.07, 6.45) is 1.15. The first-order valence-corrected chi connectivity index (χ1v) is 6.64. The lowest BCUT2D eigenvalue weighted by Gasteiger charge is -2.33. The van der Waals surface area contributed by atoms with E-state index >= 15 is 0 Å². The van der Waals surface area contributed by atoms with Gasteiger partial charge in [0.2, 0.25) is 0 Å². The van der Waals surface area contributed by atoms with E-state index in [1.807, 2.05) is 6.92 Å². The molecule has 2 heterocycles. The number of aliphatic hydroxyl groups is 1. The number of ether oxygens (including phenoxy) is 2. The highest BCUT2D eigenvalue weighted by Gasteiger charge is 2.30. The van der Waals surface area contributed by atoms with Gasteiger partial charge in [-0.25, -0.2) is 4.79 Å². The van der Waals surface area contributed by atoms with Crippen molar-refractivity contribution in [2.75, 3.05) is 32.9 Å². The second-order valence-electron chi connectivity index (χ2n) is 4.84. The van der Waals surface area contributed by atoms with Gasteiger partial charge < -0.3 is 24.8 Å². The number of piperidine rings is 1. The van der Waals surface area contributed by atoms with Crippen molar-refractivity contribution in [1.82, 2.24) is 10.2 Å². The molecule has 2 fully saturated rings. The van der Waals surface area contributed by atoms with Crippen molar-refractivity contribution in [3.8, 4) is 0 Å². The maximum Gasteiger partial charge on any atom is 0.409 e. The Morgan fingerprint density at radius 2 is 2.17 bits per heavy atom. The Morgan fingerprint density at radius 1 is 1.44 bits per heavy atom. The molecule has 0 aliphatic carbocycles. The smallest absolute Gasteiger partial charge is 0.409 e. The van der Waals surface area contributed by atoms with Gasteiger partial charge in [0.05, 0.1) is 32.0 Å². The maximum absolute atomic E-state index is 11.5. The molecule has 0 saturated carbocycles. The van der Waals surface area contributed by atoms with E-state index in [9.17, 15) is 9.90 Å². The summed E-state index contributed by atoms with van der Waals surface area (Å²) >= 11 is 0. The molecule has 2 unspecified atom stereocenters. The monoisotopic (exact) mass is 258 g/mol. The predicted molar refractivity (Wildman–Crippen MR) is 65.4 cm³/mol. The summed E-state index contributed by atoms with van der Waals surface area (Å²) < 4.78 is 10.2. The van der Waals surface area contributed by atoms with Gasteiger partial charge in [0.15, 0.2) is 0 Å². The summed E-state index contributed by atoms with van der Waals surface area (Å²) in [6, 6.07) is 0.376. The van der Waals surface area contributed by atoms with E-state index < -0.39 is 6.10 Å². The van der Waals surface area contributed by atoms with Crippen LogP contribution in [0.25, 0.3) is 0 Å². The van der Waals surface area contributed by atoms with Crippen LogP contribution in [0.2, 0.25) is 0 Å². The summed E-state index contributed by atoms with van der Waals surface area (Å²) in [5.41, 5.74) is 0. The molecular formula is C12H22N2O4. The Bertz CT molecular complexity index is 279. The Morgan fingerprint density at radius 3 is 2.72 bits per heavy atom. The van der Waals surface area contributed by atoms with Gasteiger partial charge in [0.25, 0.3) is 0 Å². The number of hydrogen-bond donors (Lipinski definition) is 2. The van der Waals surface area contributed by atoms with Crippen LogP contribution < -0.4 is 5.32 Å². The van der Waals surface area contributed by atoms with Gasteiger partial charge in [-0.15, -0.1) is 0 Å². The number of aliphatic hydroxyl groups excluding tert-OH is 1. The molecule has 2 aliphatic heterocycles. The third-order valence-electron chi connectivity index (χ3n) is 3.52. The summed E-state index contributed by atoms with van der Waals surface area (Å²) in [6.45, 7) is 4.63. The van der Waals surface area contributed by atoms with Crippen LogP contribution in [0.15, 0.2) is 0 Å². The average molecular weight is 258 g/mol. The summed E-state index contributed by atoms with van der Waals surface area (Å²) in [5.74, 6) is 0. The summed E-state index contributed by atoms with van der Waals surface area (Å²) in [4.78, 5) is 13.3. The minimum absolute atomic E-state index is 0.0316. The molecule has 2 N–H and O–H groups in total. The number of carbonyl (C=O) groups excluding carboxylic acids is 1. The molecule has 2 rings (SSSR count). The lowest BCUT2D eigenvalue weighted by atomic mass is 10.0. The number of carbonyl (C=O) groups is 1. The van der Waals surface area contributed by atoms with Gasteiger partial charge in [-0.05, 0) is 19.8 Å². The summed E-state index contributed by atoms with van der Waals surface area (Å²) in [7, 11) is 0. The van der Waals surface area contributed by atoms with Crippen molar-refractivity contribution < 1.29 is 19.4 Å². The van der Waals surface area contributed by atoms with Crippen LogP contribution in [0.1, 0.15) is 19.8 Å². The molecule has 0 aromatic heterocycles. The Hall–Kier alpha value is -0.850. The van der Waals surface area contributed by atoms with Crippen LogP contribution in [-0.2, 0) is 9.47 Å². The Labute approximate surface area is 107 Å². The molecule has 2 saturated heterocycles. The van der Waals surface area contributed by atoms with Gasteiger partial charge >= 0.3 is 6.09 Å². The van der Waals surface area contributed by atoms with E-state index in [2.05, 4.69) is 5.32 Å². The minimum Gasteiger partial charge on any atom is -0.450 e. The topological polar surface area (TPSA) is 71.0 Å². The molecule has 6 heteroatoms. The van der Waals surface area contributed by atoms with E-state index in [4.69, 9.17) is 9.47 Å². The second-order valence-corrected chi connectivity index (χ2v) is 4.84. The van der Waals surface area contributed by atoms with Crippen LogP contribution in [0.4, 0.5) is 4.79 Å². The van der Waals surface area contributed by atoms with Gasteiger partial charge in [-0.3, -0.25) is 0 Å². The van der Waals surface area contributed by atoms with Crippen molar-refractivity contribution in [1.29, 1.82) is 0 Å². The van der Waals surface area contributed by atoms with Crippen molar-refractivity contribution in [3.05, 3.63) is 0 Å². The quantitative estimate of drug-likeness (QED) is 0.743. The number of hydrogen-bond acceptors (Lipinski definition) is 5. The molecule has 6 nitrogen and oxygen atoms in total. The van der Waals surface area contributed by atoms with Gasteiger partial charge in [-0.2, -0.15) is 0 Å². The number of nitrogens with one attached hydrogen (secondary N) is 1. The summed E-state index contributed by atoms with van der Waals surface area (Å²) in [5, 5.41) is 13.1. The number of likely N-dealkylation sites (tertiary alicyclic amines) is 1. The zero-order valence-corrected chi connectivity index (χ0v) is 10.8. The molecule has 0 spiro atoms. The minimum atomic E-state index is -0.409.